The normalized spacial score (nSPS) is 10.3. The van der Waals surface area contributed by atoms with Gasteiger partial charge in [0.25, 0.3) is 0 Å². The lowest BCUT2D eigenvalue weighted by atomic mass is 10.2. The molecule has 98 valence electrons. The summed E-state index contributed by atoms with van der Waals surface area (Å²) >= 11 is 14.7. The van der Waals surface area contributed by atoms with Gasteiger partial charge >= 0.3 is 5.97 Å². The van der Waals surface area contributed by atoms with Crippen LogP contribution in [0.15, 0.2) is 28.7 Å². The zero-order chi connectivity index (χ0) is 14.0. The monoisotopic (exact) mass is 362 g/mol. The van der Waals surface area contributed by atoms with E-state index in [2.05, 4.69) is 26.1 Å². The Bertz CT molecular complexity index is 652. The lowest BCUT2D eigenvalue weighted by Crippen LogP contribution is -1.97. The first kappa shape index (κ1) is 14.0. The summed E-state index contributed by atoms with van der Waals surface area (Å²) in [6.45, 7) is 0. The number of aromatic nitrogens is 2. The number of nitrogens with zero attached hydrogens (tertiary/aromatic N) is 2. The summed E-state index contributed by atoms with van der Waals surface area (Å²) in [6, 6.07) is 5.75. The van der Waals surface area contributed by atoms with Crippen LogP contribution in [0.1, 0.15) is 10.4 Å². The van der Waals surface area contributed by atoms with Crippen molar-refractivity contribution in [2.75, 3.05) is 0 Å². The van der Waals surface area contributed by atoms with Gasteiger partial charge in [-0.15, -0.1) is 10.2 Å². The smallest absolute Gasteiger partial charge is 0.335 e. The van der Waals surface area contributed by atoms with Gasteiger partial charge in [-0.05, 0) is 34.1 Å². The Hall–Kier alpha value is -1.37. The molecule has 0 aliphatic rings. The van der Waals surface area contributed by atoms with Gasteiger partial charge in [0.2, 0.25) is 0 Å². The van der Waals surface area contributed by atoms with Crippen molar-refractivity contribution < 1.29 is 14.6 Å². The SMILES string of the molecule is O=C(O)c1ccc(Br)c(Oc2cc(Cl)nnc2Cl)c1. The molecule has 19 heavy (non-hydrogen) atoms. The average molecular weight is 364 g/mol. The molecule has 1 aromatic carbocycles. The van der Waals surface area contributed by atoms with Crippen LogP contribution in [0.25, 0.3) is 0 Å². The summed E-state index contributed by atoms with van der Waals surface area (Å²) in [5, 5.41) is 16.2. The van der Waals surface area contributed by atoms with Crippen molar-refractivity contribution in [2.45, 2.75) is 0 Å². The van der Waals surface area contributed by atoms with Crippen LogP contribution in [0.4, 0.5) is 0 Å². The van der Waals surface area contributed by atoms with E-state index in [4.69, 9.17) is 33.0 Å². The molecule has 1 N–H and O–H groups in total. The molecule has 0 bridgehead atoms. The Morgan fingerprint density at radius 3 is 2.63 bits per heavy atom. The van der Waals surface area contributed by atoms with Crippen molar-refractivity contribution in [1.82, 2.24) is 10.2 Å². The molecule has 1 aromatic heterocycles. The second kappa shape index (κ2) is 5.73. The average Bonchev–Trinajstić information content (AvgIpc) is 2.36. The summed E-state index contributed by atoms with van der Waals surface area (Å²) in [7, 11) is 0. The van der Waals surface area contributed by atoms with E-state index in [-0.39, 0.29) is 27.4 Å². The van der Waals surface area contributed by atoms with Gasteiger partial charge in [-0.25, -0.2) is 4.79 Å². The molecule has 0 aliphatic carbocycles. The summed E-state index contributed by atoms with van der Waals surface area (Å²) in [5.74, 6) is -0.592. The number of hydrogen-bond donors (Lipinski definition) is 1. The maximum Gasteiger partial charge on any atom is 0.335 e. The van der Waals surface area contributed by atoms with E-state index < -0.39 is 5.97 Å². The minimum absolute atomic E-state index is 0.0250. The topological polar surface area (TPSA) is 72.3 Å². The molecule has 2 aromatic rings. The van der Waals surface area contributed by atoms with Gasteiger partial charge in [-0.2, -0.15) is 0 Å². The molecule has 8 heteroatoms. The van der Waals surface area contributed by atoms with E-state index in [1.165, 1.54) is 18.2 Å². The number of carbonyl (C=O) groups is 1. The first-order valence-electron chi connectivity index (χ1n) is 4.87. The maximum absolute atomic E-state index is 10.9. The highest BCUT2D eigenvalue weighted by Gasteiger charge is 2.12. The minimum Gasteiger partial charge on any atom is -0.478 e. The van der Waals surface area contributed by atoms with Crippen LogP contribution >= 0.6 is 39.1 Å². The summed E-state index contributed by atoms with van der Waals surface area (Å²) in [6.07, 6.45) is 0. The molecule has 5 nitrogen and oxygen atoms in total. The Morgan fingerprint density at radius 2 is 1.95 bits per heavy atom. The first-order chi connectivity index (χ1) is 8.97. The second-order valence-electron chi connectivity index (χ2n) is 3.37. The van der Waals surface area contributed by atoms with E-state index in [0.29, 0.717) is 4.47 Å². The van der Waals surface area contributed by atoms with Crippen LogP contribution in [0, 0.1) is 0 Å². The largest absolute Gasteiger partial charge is 0.478 e. The van der Waals surface area contributed by atoms with Crippen molar-refractivity contribution in [3.63, 3.8) is 0 Å². The fourth-order valence-electron chi connectivity index (χ4n) is 1.24. The number of hydrogen-bond acceptors (Lipinski definition) is 4. The van der Waals surface area contributed by atoms with Crippen LogP contribution in [0.5, 0.6) is 11.5 Å². The van der Waals surface area contributed by atoms with E-state index in [0.717, 1.165) is 0 Å². The number of ether oxygens (including phenoxy) is 1. The quantitative estimate of drug-likeness (QED) is 0.890. The number of carboxylic acid groups (broad SMARTS) is 1. The minimum atomic E-state index is -1.06. The summed E-state index contributed by atoms with van der Waals surface area (Å²) < 4.78 is 6.05. The third-order valence-electron chi connectivity index (χ3n) is 2.08. The molecule has 1 heterocycles. The standard InChI is InChI=1S/C11H5BrCl2N2O3/c12-6-2-1-5(11(17)18)3-7(6)19-8-4-9(13)15-16-10(8)14/h1-4H,(H,17,18). The third-order valence-corrected chi connectivity index (χ3v) is 3.19. The van der Waals surface area contributed by atoms with Gasteiger partial charge in [0.05, 0.1) is 10.0 Å². The second-order valence-corrected chi connectivity index (χ2v) is 4.97. The molecular formula is C11H5BrCl2N2O3. The van der Waals surface area contributed by atoms with Crippen LogP contribution in [-0.2, 0) is 0 Å². The van der Waals surface area contributed by atoms with E-state index >= 15 is 0 Å². The zero-order valence-corrected chi connectivity index (χ0v) is 12.2. The molecule has 0 unspecified atom stereocenters. The highest BCUT2D eigenvalue weighted by Crippen LogP contribution is 2.34. The Balaban J connectivity index is 2.40. The van der Waals surface area contributed by atoms with Gasteiger partial charge in [0.15, 0.2) is 16.1 Å². The molecule has 0 aliphatic heterocycles. The zero-order valence-electron chi connectivity index (χ0n) is 9.10. The van der Waals surface area contributed by atoms with E-state index in [9.17, 15) is 4.79 Å². The fourth-order valence-corrected chi connectivity index (χ4v) is 1.84. The lowest BCUT2D eigenvalue weighted by molar-refractivity contribution is 0.0696. The van der Waals surface area contributed by atoms with Crippen LogP contribution in [-0.4, -0.2) is 21.3 Å². The molecule has 0 saturated heterocycles. The Kier molecular flexibility index (Phi) is 4.24. The van der Waals surface area contributed by atoms with E-state index in [1.54, 1.807) is 6.07 Å². The molecular weight excluding hydrogens is 359 g/mol. The fraction of sp³-hybridized carbons (Fsp3) is 0. The van der Waals surface area contributed by atoms with Crippen LogP contribution in [0.2, 0.25) is 10.3 Å². The number of halogens is 3. The predicted octanol–water partition coefficient (Wildman–Crippen LogP) is 4.04. The third kappa shape index (κ3) is 3.34. The molecule has 0 radical (unpaired) electrons. The number of rotatable bonds is 3. The van der Waals surface area contributed by atoms with Crippen molar-refractivity contribution in [2.24, 2.45) is 0 Å². The van der Waals surface area contributed by atoms with Gasteiger partial charge in [-0.1, -0.05) is 23.2 Å². The molecule has 0 spiro atoms. The summed E-state index contributed by atoms with van der Waals surface area (Å²) in [4.78, 5) is 10.9. The van der Waals surface area contributed by atoms with Gasteiger partial charge < -0.3 is 9.84 Å². The van der Waals surface area contributed by atoms with Crippen molar-refractivity contribution >= 4 is 45.1 Å². The highest BCUT2D eigenvalue weighted by atomic mass is 79.9. The van der Waals surface area contributed by atoms with E-state index in [1.807, 2.05) is 0 Å². The molecule has 2 rings (SSSR count). The van der Waals surface area contributed by atoms with Gasteiger partial charge in [0, 0.05) is 6.07 Å². The number of aromatic carboxylic acids is 1. The number of benzene rings is 1. The first-order valence-corrected chi connectivity index (χ1v) is 6.41. The molecule has 0 saturated carbocycles. The maximum atomic E-state index is 10.9. The van der Waals surface area contributed by atoms with Crippen LogP contribution < -0.4 is 4.74 Å². The predicted molar refractivity (Wildman–Crippen MR) is 73.2 cm³/mol. The molecule has 0 fully saturated rings. The molecule has 0 amide bonds. The summed E-state index contributed by atoms with van der Waals surface area (Å²) in [5.41, 5.74) is 0.0856. The lowest BCUT2D eigenvalue weighted by Gasteiger charge is -2.09. The Morgan fingerprint density at radius 1 is 1.21 bits per heavy atom. The molecule has 0 atom stereocenters. The highest BCUT2D eigenvalue weighted by molar-refractivity contribution is 9.10. The van der Waals surface area contributed by atoms with Gasteiger partial charge in [0.1, 0.15) is 5.75 Å². The van der Waals surface area contributed by atoms with Crippen LogP contribution in [0.3, 0.4) is 0 Å². The number of carboxylic acids is 1. The van der Waals surface area contributed by atoms with Gasteiger partial charge in [-0.3, -0.25) is 0 Å². The van der Waals surface area contributed by atoms with Crippen molar-refractivity contribution in [3.8, 4) is 11.5 Å². The Labute approximate surface area is 126 Å². The van der Waals surface area contributed by atoms with Crippen molar-refractivity contribution in [3.05, 3.63) is 44.6 Å². The van der Waals surface area contributed by atoms with Crippen molar-refractivity contribution in [1.29, 1.82) is 0 Å².